The number of nitrogens with zero attached hydrogens (tertiary/aromatic N) is 2. The predicted molar refractivity (Wildman–Crippen MR) is 77.4 cm³/mol. The minimum Gasteiger partial charge on any atom is -0.396 e. The zero-order valence-corrected chi connectivity index (χ0v) is 12.8. The van der Waals surface area contributed by atoms with E-state index in [9.17, 15) is 18.0 Å². The first kappa shape index (κ1) is 16.5. The highest BCUT2D eigenvalue weighted by molar-refractivity contribution is 7.89. The molecule has 22 heavy (non-hydrogen) atoms. The Morgan fingerprint density at radius 3 is 2.45 bits per heavy atom. The maximum Gasteiger partial charge on any atom is 0.242 e. The average molecular weight is 327 g/mol. The lowest BCUT2D eigenvalue weighted by Gasteiger charge is -2.13. The number of anilines is 1. The monoisotopic (exact) mass is 327 g/mol. The van der Waals surface area contributed by atoms with Gasteiger partial charge in [0.2, 0.25) is 21.8 Å². The van der Waals surface area contributed by atoms with E-state index in [0.29, 0.717) is 0 Å². The number of aliphatic hydroxyl groups excluding tert-OH is 1. The molecule has 1 aromatic rings. The molecule has 8 nitrogen and oxygen atoms in total. The molecule has 1 saturated heterocycles. The van der Waals surface area contributed by atoms with E-state index in [1.54, 1.807) is 6.92 Å². The van der Waals surface area contributed by atoms with E-state index in [2.05, 4.69) is 9.71 Å². The highest BCUT2D eigenvalue weighted by Gasteiger charge is 2.31. The van der Waals surface area contributed by atoms with E-state index in [1.165, 1.54) is 12.1 Å². The molecule has 1 aliphatic heterocycles. The summed E-state index contributed by atoms with van der Waals surface area (Å²) < 4.78 is 26.4. The van der Waals surface area contributed by atoms with Crippen molar-refractivity contribution in [1.29, 1.82) is 0 Å². The third kappa shape index (κ3) is 3.49. The summed E-state index contributed by atoms with van der Waals surface area (Å²) in [5.41, 5.74) is 0. The molecule has 2 N–H and O–H groups in total. The Balaban J connectivity index is 2.14. The minimum atomic E-state index is -3.74. The van der Waals surface area contributed by atoms with Crippen LogP contribution in [0.2, 0.25) is 0 Å². The number of aliphatic hydroxyl groups is 1. The molecule has 2 rings (SSSR count). The molecule has 0 aliphatic carbocycles. The Hall–Kier alpha value is -1.84. The highest BCUT2D eigenvalue weighted by atomic mass is 32.2. The summed E-state index contributed by atoms with van der Waals surface area (Å²) in [7, 11) is -3.74. The van der Waals surface area contributed by atoms with Crippen molar-refractivity contribution in [2.75, 3.05) is 18.1 Å². The second-order valence-electron chi connectivity index (χ2n) is 5.11. The highest BCUT2D eigenvalue weighted by Crippen LogP contribution is 2.21. The molecule has 2 amide bonds. The van der Waals surface area contributed by atoms with Gasteiger partial charge < -0.3 is 5.11 Å². The van der Waals surface area contributed by atoms with Gasteiger partial charge in [0.05, 0.1) is 0 Å². The maximum absolute atomic E-state index is 12.0. The van der Waals surface area contributed by atoms with E-state index in [1.807, 2.05) is 0 Å². The molecule has 0 aromatic carbocycles. The first-order valence-electron chi connectivity index (χ1n) is 6.77. The van der Waals surface area contributed by atoms with Crippen molar-refractivity contribution in [1.82, 2.24) is 9.71 Å². The molecule has 1 aromatic heterocycles. The zero-order valence-electron chi connectivity index (χ0n) is 12.0. The summed E-state index contributed by atoms with van der Waals surface area (Å²) in [4.78, 5) is 28.0. The number of amides is 2. The molecular weight excluding hydrogens is 310 g/mol. The van der Waals surface area contributed by atoms with Crippen LogP contribution in [0.5, 0.6) is 0 Å². The van der Waals surface area contributed by atoms with Crippen LogP contribution >= 0.6 is 0 Å². The number of aromatic nitrogens is 1. The third-order valence-electron chi connectivity index (χ3n) is 3.25. The van der Waals surface area contributed by atoms with Crippen LogP contribution in [-0.2, 0) is 19.6 Å². The van der Waals surface area contributed by atoms with E-state index >= 15 is 0 Å². The van der Waals surface area contributed by atoms with Crippen molar-refractivity contribution < 1.29 is 23.1 Å². The zero-order chi connectivity index (χ0) is 16.3. The minimum absolute atomic E-state index is 0.0690. The van der Waals surface area contributed by atoms with Crippen molar-refractivity contribution >= 4 is 27.7 Å². The van der Waals surface area contributed by atoms with Gasteiger partial charge in [0.25, 0.3) is 0 Å². The second kappa shape index (κ2) is 6.51. The Bertz CT molecular complexity index is 655. The molecule has 1 atom stereocenters. The van der Waals surface area contributed by atoms with Gasteiger partial charge in [0.1, 0.15) is 10.7 Å². The summed E-state index contributed by atoms with van der Waals surface area (Å²) in [6.07, 6.45) is 1.38. The number of nitrogens with one attached hydrogen (secondary N) is 1. The molecular formula is C13H17N3O5S. The molecule has 1 aliphatic rings. The number of pyridine rings is 1. The fourth-order valence-corrected chi connectivity index (χ4v) is 3.00. The Kier molecular flexibility index (Phi) is 4.89. The van der Waals surface area contributed by atoms with Gasteiger partial charge in [0, 0.05) is 32.2 Å². The Morgan fingerprint density at radius 2 is 1.95 bits per heavy atom. The van der Waals surface area contributed by atoms with Crippen molar-refractivity contribution in [3.63, 3.8) is 0 Å². The van der Waals surface area contributed by atoms with Gasteiger partial charge in [0.15, 0.2) is 0 Å². The lowest BCUT2D eigenvalue weighted by Crippen LogP contribution is -2.31. The molecule has 0 radical (unpaired) electrons. The molecule has 9 heteroatoms. The van der Waals surface area contributed by atoms with Crippen LogP contribution in [0.4, 0.5) is 5.82 Å². The second-order valence-corrected chi connectivity index (χ2v) is 6.88. The van der Waals surface area contributed by atoms with Gasteiger partial charge in [-0.25, -0.2) is 23.0 Å². The molecule has 0 bridgehead atoms. The first-order chi connectivity index (χ1) is 10.3. The summed E-state index contributed by atoms with van der Waals surface area (Å²) in [6, 6.07) is 2.61. The number of rotatable bonds is 6. The summed E-state index contributed by atoms with van der Waals surface area (Å²) in [6.45, 7) is 1.68. The molecule has 2 heterocycles. The van der Waals surface area contributed by atoms with Crippen molar-refractivity contribution in [3.8, 4) is 0 Å². The summed E-state index contributed by atoms with van der Waals surface area (Å²) in [5.74, 6) is -0.775. The standard InChI is InChI=1S/C13H17N3O5S/c1-9(8-17)6-15-22(20,21)10-2-3-11(14-7-10)16-12(18)4-5-13(16)19/h2-3,7,9,15,17H,4-6,8H2,1H3. The molecule has 0 saturated carbocycles. The SMILES string of the molecule is CC(CO)CNS(=O)(=O)c1ccc(N2C(=O)CCC2=O)nc1. The van der Waals surface area contributed by atoms with Crippen molar-refractivity contribution in [3.05, 3.63) is 18.3 Å². The maximum atomic E-state index is 12.0. The Morgan fingerprint density at radius 1 is 1.32 bits per heavy atom. The first-order valence-corrected chi connectivity index (χ1v) is 8.26. The average Bonchev–Trinajstić information content (AvgIpc) is 2.84. The van der Waals surface area contributed by atoms with Crippen LogP contribution in [0.25, 0.3) is 0 Å². The van der Waals surface area contributed by atoms with Gasteiger partial charge in [-0.2, -0.15) is 0 Å². The van der Waals surface area contributed by atoms with E-state index in [4.69, 9.17) is 5.11 Å². The molecule has 120 valence electrons. The van der Waals surface area contributed by atoms with Gasteiger partial charge in [-0.05, 0) is 18.1 Å². The van der Waals surface area contributed by atoms with Gasteiger partial charge in [-0.15, -0.1) is 0 Å². The lowest BCUT2D eigenvalue weighted by atomic mass is 10.2. The number of hydrogen-bond donors (Lipinski definition) is 2. The van der Waals surface area contributed by atoms with Crippen LogP contribution in [0, 0.1) is 5.92 Å². The topological polar surface area (TPSA) is 117 Å². The normalized spacial score (nSPS) is 17.1. The summed E-state index contributed by atoms with van der Waals surface area (Å²) >= 11 is 0. The Labute approximate surface area is 128 Å². The number of imide groups is 1. The van der Waals surface area contributed by atoms with E-state index in [-0.39, 0.29) is 54.4 Å². The summed E-state index contributed by atoms with van der Waals surface area (Å²) in [5, 5.41) is 8.89. The fourth-order valence-electron chi connectivity index (χ4n) is 1.90. The van der Waals surface area contributed by atoms with Crippen molar-refractivity contribution in [2.24, 2.45) is 5.92 Å². The molecule has 1 unspecified atom stereocenters. The van der Waals surface area contributed by atoms with Gasteiger partial charge >= 0.3 is 0 Å². The van der Waals surface area contributed by atoms with Crippen LogP contribution in [0.3, 0.4) is 0 Å². The largest absolute Gasteiger partial charge is 0.396 e. The number of hydrogen-bond acceptors (Lipinski definition) is 6. The number of carbonyl (C=O) groups excluding carboxylic acids is 2. The third-order valence-corrected chi connectivity index (χ3v) is 4.65. The smallest absolute Gasteiger partial charge is 0.242 e. The quantitative estimate of drug-likeness (QED) is 0.689. The van der Waals surface area contributed by atoms with Crippen molar-refractivity contribution in [2.45, 2.75) is 24.7 Å². The van der Waals surface area contributed by atoms with E-state index in [0.717, 1.165) is 11.1 Å². The van der Waals surface area contributed by atoms with Crippen LogP contribution < -0.4 is 9.62 Å². The van der Waals surface area contributed by atoms with Gasteiger partial charge in [-0.1, -0.05) is 6.92 Å². The van der Waals surface area contributed by atoms with Crippen LogP contribution in [0.15, 0.2) is 23.2 Å². The molecule has 0 spiro atoms. The van der Waals surface area contributed by atoms with Crippen LogP contribution in [-0.4, -0.2) is 43.5 Å². The number of carbonyl (C=O) groups is 2. The molecule has 1 fully saturated rings. The van der Waals surface area contributed by atoms with E-state index < -0.39 is 10.0 Å². The van der Waals surface area contributed by atoms with Gasteiger partial charge in [-0.3, -0.25) is 9.59 Å². The number of sulfonamides is 1. The van der Waals surface area contributed by atoms with Crippen LogP contribution in [0.1, 0.15) is 19.8 Å². The fraction of sp³-hybridized carbons (Fsp3) is 0.462. The lowest BCUT2D eigenvalue weighted by molar-refractivity contribution is -0.121. The predicted octanol–water partition coefficient (Wildman–Crippen LogP) is -0.358.